The third-order valence-electron chi connectivity index (χ3n) is 1.84. The molecule has 0 bridgehead atoms. The summed E-state index contributed by atoms with van der Waals surface area (Å²) in [7, 11) is 0. The molecule has 1 heterocycles. The van der Waals surface area contributed by atoms with E-state index in [0.29, 0.717) is 5.56 Å². The fraction of sp³-hybridized carbons (Fsp3) is 0.400. The van der Waals surface area contributed by atoms with Crippen molar-refractivity contribution < 1.29 is 18.7 Å². The van der Waals surface area contributed by atoms with E-state index in [0.717, 1.165) is 0 Å². The first-order chi connectivity index (χ1) is 6.66. The molecule has 0 saturated heterocycles. The molecule has 0 spiro atoms. The standard InChI is InChI=1S/C10H12O4/c1-3-14-10(12)7(2)9(11)8-4-5-13-6-8/h4-7H,3H2,1-2H3. The maximum atomic E-state index is 11.6. The number of rotatable bonds is 4. The zero-order valence-electron chi connectivity index (χ0n) is 8.15. The van der Waals surface area contributed by atoms with E-state index in [1.807, 2.05) is 0 Å². The van der Waals surface area contributed by atoms with E-state index in [2.05, 4.69) is 0 Å². The number of carbonyl (C=O) groups excluding carboxylic acids is 2. The van der Waals surface area contributed by atoms with Gasteiger partial charge in [-0.25, -0.2) is 0 Å². The molecule has 1 aromatic rings. The third kappa shape index (κ3) is 2.22. The average Bonchev–Trinajstić information content (AvgIpc) is 2.68. The Hall–Kier alpha value is -1.58. The normalized spacial score (nSPS) is 12.1. The molecule has 76 valence electrons. The highest BCUT2D eigenvalue weighted by atomic mass is 16.5. The Bertz CT molecular complexity index is 313. The zero-order valence-corrected chi connectivity index (χ0v) is 8.15. The van der Waals surface area contributed by atoms with Crippen LogP contribution in [0.4, 0.5) is 0 Å². The Kier molecular flexibility index (Phi) is 3.45. The smallest absolute Gasteiger partial charge is 0.316 e. The van der Waals surface area contributed by atoms with Gasteiger partial charge in [-0.3, -0.25) is 9.59 Å². The van der Waals surface area contributed by atoms with E-state index in [1.54, 1.807) is 6.92 Å². The number of hydrogen-bond acceptors (Lipinski definition) is 4. The van der Waals surface area contributed by atoms with Crippen LogP contribution in [-0.2, 0) is 9.53 Å². The molecule has 0 radical (unpaired) electrons. The second-order valence-corrected chi connectivity index (χ2v) is 2.85. The molecule has 0 aliphatic rings. The fourth-order valence-electron chi connectivity index (χ4n) is 1.03. The van der Waals surface area contributed by atoms with Crippen molar-refractivity contribution in [2.24, 2.45) is 5.92 Å². The number of esters is 1. The van der Waals surface area contributed by atoms with Gasteiger partial charge < -0.3 is 9.15 Å². The molecule has 14 heavy (non-hydrogen) atoms. The summed E-state index contributed by atoms with van der Waals surface area (Å²) in [5.41, 5.74) is 0.394. The van der Waals surface area contributed by atoms with Crippen LogP contribution in [0.5, 0.6) is 0 Å². The zero-order chi connectivity index (χ0) is 10.6. The van der Waals surface area contributed by atoms with Crippen molar-refractivity contribution in [1.29, 1.82) is 0 Å². The summed E-state index contributed by atoms with van der Waals surface area (Å²) in [6.07, 6.45) is 2.71. The van der Waals surface area contributed by atoms with Gasteiger partial charge in [0.05, 0.1) is 18.4 Å². The summed E-state index contributed by atoms with van der Waals surface area (Å²) in [6, 6.07) is 1.53. The van der Waals surface area contributed by atoms with Crippen LogP contribution < -0.4 is 0 Å². The molecule has 0 saturated carbocycles. The lowest BCUT2D eigenvalue weighted by Gasteiger charge is -2.07. The van der Waals surface area contributed by atoms with Gasteiger partial charge in [0, 0.05) is 0 Å². The van der Waals surface area contributed by atoms with Gasteiger partial charge in [0.1, 0.15) is 12.2 Å². The first-order valence-corrected chi connectivity index (χ1v) is 4.39. The predicted molar refractivity (Wildman–Crippen MR) is 48.8 cm³/mol. The summed E-state index contributed by atoms with van der Waals surface area (Å²) in [6.45, 7) is 3.50. The molecule has 1 aromatic heterocycles. The van der Waals surface area contributed by atoms with Gasteiger partial charge in [0.25, 0.3) is 0 Å². The van der Waals surface area contributed by atoms with Crippen molar-refractivity contribution in [3.8, 4) is 0 Å². The van der Waals surface area contributed by atoms with Crippen LogP contribution >= 0.6 is 0 Å². The summed E-state index contributed by atoms with van der Waals surface area (Å²) in [5, 5.41) is 0. The van der Waals surface area contributed by atoms with E-state index in [4.69, 9.17) is 9.15 Å². The minimum absolute atomic E-state index is 0.280. The second kappa shape index (κ2) is 4.60. The minimum Gasteiger partial charge on any atom is -0.472 e. The highest BCUT2D eigenvalue weighted by Gasteiger charge is 2.24. The molecular weight excluding hydrogens is 184 g/mol. The van der Waals surface area contributed by atoms with Gasteiger partial charge in [0.15, 0.2) is 5.78 Å². The van der Waals surface area contributed by atoms with Crippen LogP contribution in [0.15, 0.2) is 23.0 Å². The van der Waals surface area contributed by atoms with Crippen molar-refractivity contribution in [3.05, 3.63) is 24.2 Å². The highest BCUT2D eigenvalue weighted by molar-refractivity contribution is 6.08. The molecule has 4 nitrogen and oxygen atoms in total. The number of carbonyl (C=O) groups is 2. The molecule has 1 atom stereocenters. The molecule has 0 fully saturated rings. The lowest BCUT2D eigenvalue weighted by Crippen LogP contribution is -2.23. The topological polar surface area (TPSA) is 56.5 Å². The van der Waals surface area contributed by atoms with E-state index in [-0.39, 0.29) is 12.4 Å². The van der Waals surface area contributed by atoms with Crippen molar-refractivity contribution in [2.75, 3.05) is 6.61 Å². The average molecular weight is 196 g/mol. The summed E-state index contributed by atoms with van der Waals surface area (Å²) in [5.74, 6) is -1.55. The second-order valence-electron chi connectivity index (χ2n) is 2.85. The Balaban J connectivity index is 2.66. The molecule has 1 unspecified atom stereocenters. The quantitative estimate of drug-likeness (QED) is 0.417. The van der Waals surface area contributed by atoms with Crippen molar-refractivity contribution in [3.63, 3.8) is 0 Å². The van der Waals surface area contributed by atoms with Gasteiger partial charge in [0.2, 0.25) is 0 Å². The molecule has 1 rings (SSSR count). The van der Waals surface area contributed by atoms with Crippen LogP contribution in [0.1, 0.15) is 24.2 Å². The number of hydrogen-bond donors (Lipinski definition) is 0. The highest BCUT2D eigenvalue weighted by Crippen LogP contribution is 2.10. The molecule has 0 aliphatic carbocycles. The van der Waals surface area contributed by atoms with Crippen LogP contribution in [-0.4, -0.2) is 18.4 Å². The SMILES string of the molecule is CCOC(=O)C(C)C(=O)c1ccoc1. The Morgan fingerprint density at radius 1 is 1.57 bits per heavy atom. The number of Topliss-reactive ketones (excluding diaryl/α,β-unsaturated/α-hetero) is 1. The minimum atomic E-state index is -0.771. The molecule has 4 heteroatoms. The molecule has 0 N–H and O–H groups in total. The summed E-state index contributed by atoms with van der Waals surface area (Å²) < 4.78 is 9.49. The van der Waals surface area contributed by atoms with Gasteiger partial charge in [-0.15, -0.1) is 0 Å². The van der Waals surface area contributed by atoms with Crippen LogP contribution in [0.3, 0.4) is 0 Å². The maximum Gasteiger partial charge on any atom is 0.316 e. The van der Waals surface area contributed by atoms with Gasteiger partial charge in [-0.05, 0) is 19.9 Å². The Morgan fingerprint density at radius 2 is 2.29 bits per heavy atom. The maximum absolute atomic E-state index is 11.6. The van der Waals surface area contributed by atoms with E-state index in [1.165, 1.54) is 25.5 Å². The van der Waals surface area contributed by atoms with Crippen LogP contribution in [0.2, 0.25) is 0 Å². The Morgan fingerprint density at radius 3 is 2.79 bits per heavy atom. The van der Waals surface area contributed by atoms with Gasteiger partial charge in [-0.1, -0.05) is 0 Å². The van der Waals surface area contributed by atoms with Crippen molar-refractivity contribution in [1.82, 2.24) is 0 Å². The Labute approximate surface area is 81.9 Å². The van der Waals surface area contributed by atoms with Crippen LogP contribution in [0.25, 0.3) is 0 Å². The number of ether oxygens (including phenoxy) is 1. The number of furan rings is 1. The number of ketones is 1. The van der Waals surface area contributed by atoms with Crippen LogP contribution in [0, 0.1) is 5.92 Å². The molecule has 0 aliphatic heterocycles. The molecular formula is C10H12O4. The summed E-state index contributed by atoms with van der Waals surface area (Å²) in [4.78, 5) is 22.8. The predicted octanol–water partition coefficient (Wildman–Crippen LogP) is 1.66. The van der Waals surface area contributed by atoms with E-state index < -0.39 is 11.9 Å². The lowest BCUT2D eigenvalue weighted by molar-refractivity contribution is -0.145. The largest absolute Gasteiger partial charge is 0.472 e. The summed E-state index contributed by atoms with van der Waals surface area (Å²) >= 11 is 0. The third-order valence-corrected chi connectivity index (χ3v) is 1.84. The lowest BCUT2D eigenvalue weighted by atomic mass is 10.0. The van der Waals surface area contributed by atoms with Crippen molar-refractivity contribution in [2.45, 2.75) is 13.8 Å². The van der Waals surface area contributed by atoms with Gasteiger partial charge >= 0.3 is 5.97 Å². The molecule has 0 amide bonds. The fourth-order valence-corrected chi connectivity index (χ4v) is 1.03. The monoisotopic (exact) mass is 196 g/mol. The first-order valence-electron chi connectivity index (χ1n) is 4.39. The first kappa shape index (κ1) is 10.5. The van der Waals surface area contributed by atoms with Gasteiger partial charge in [-0.2, -0.15) is 0 Å². The van der Waals surface area contributed by atoms with E-state index in [9.17, 15) is 9.59 Å². The molecule has 0 aromatic carbocycles. The van der Waals surface area contributed by atoms with Crippen molar-refractivity contribution >= 4 is 11.8 Å². The van der Waals surface area contributed by atoms with E-state index >= 15 is 0 Å².